The van der Waals surface area contributed by atoms with Gasteiger partial charge in [-0.1, -0.05) is 18.2 Å². The fourth-order valence-electron chi connectivity index (χ4n) is 3.12. The second kappa shape index (κ2) is 6.33. The molecule has 1 fully saturated rings. The predicted molar refractivity (Wildman–Crippen MR) is 81.8 cm³/mol. The van der Waals surface area contributed by atoms with Crippen molar-refractivity contribution in [3.63, 3.8) is 0 Å². The van der Waals surface area contributed by atoms with Gasteiger partial charge < -0.3 is 10.1 Å². The number of fused-ring (bicyclic) bond motifs is 1. The van der Waals surface area contributed by atoms with Gasteiger partial charge in [0.2, 0.25) is 0 Å². The van der Waals surface area contributed by atoms with E-state index in [1.165, 1.54) is 29.2 Å². The van der Waals surface area contributed by atoms with Gasteiger partial charge in [-0.25, -0.2) is 0 Å². The first-order chi connectivity index (χ1) is 9.88. The summed E-state index contributed by atoms with van der Waals surface area (Å²) in [6, 6.07) is 8.93. The molecular weight excluding hydrogens is 248 g/mol. The van der Waals surface area contributed by atoms with Crippen LogP contribution in [-0.4, -0.2) is 24.7 Å². The van der Waals surface area contributed by atoms with Crippen LogP contribution in [0.5, 0.6) is 0 Å². The Kier molecular flexibility index (Phi) is 4.28. The fourth-order valence-corrected chi connectivity index (χ4v) is 3.12. The summed E-state index contributed by atoms with van der Waals surface area (Å²) < 4.78 is 5.73. The Balaban J connectivity index is 1.79. The first-order valence-electron chi connectivity index (χ1n) is 7.50. The molecule has 2 atom stereocenters. The van der Waals surface area contributed by atoms with E-state index < -0.39 is 0 Å². The molecule has 1 N–H and O–H groups in total. The lowest BCUT2D eigenvalue weighted by atomic mass is 9.95. The summed E-state index contributed by atoms with van der Waals surface area (Å²) in [7, 11) is 2.04. The van der Waals surface area contributed by atoms with Crippen LogP contribution in [0.4, 0.5) is 0 Å². The summed E-state index contributed by atoms with van der Waals surface area (Å²) in [6.45, 7) is 0.938. The zero-order valence-corrected chi connectivity index (χ0v) is 12.0. The highest BCUT2D eigenvalue weighted by molar-refractivity contribution is 5.85. The first kappa shape index (κ1) is 13.5. The van der Waals surface area contributed by atoms with Crippen LogP contribution in [0.2, 0.25) is 0 Å². The van der Waals surface area contributed by atoms with Gasteiger partial charge in [0.25, 0.3) is 0 Å². The fraction of sp³-hybridized carbons (Fsp3) is 0.471. The van der Waals surface area contributed by atoms with Crippen molar-refractivity contribution in [2.45, 2.75) is 37.8 Å². The Morgan fingerprint density at radius 1 is 1.40 bits per heavy atom. The average Bonchev–Trinajstić information content (AvgIpc) is 3.01. The highest BCUT2D eigenvalue weighted by atomic mass is 16.5. The molecule has 2 aromatic rings. The van der Waals surface area contributed by atoms with E-state index in [1.54, 1.807) is 0 Å². The molecule has 3 rings (SSSR count). The number of nitrogens with zero attached hydrogens (tertiary/aromatic N) is 1. The molecule has 1 aromatic carbocycles. The zero-order valence-electron chi connectivity index (χ0n) is 12.0. The molecule has 3 heteroatoms. The van der Waals surface area contributed by atoms with Crippen molar-refractivity contribution in [2.75, 3.05) is 13.7 Å². The molecule has 0 aliphatic carbocycles. The number of nitrogens with one attached hydrogen (secondary N) is 1. The van der Waals surface area contributed by atoms with Gasteiger partial charge in [0, 0.05) is 30.4 Å². The van der Waals surface area contributed by atoms with E-state index in [4.69, 9.17) is 4.74 Å². The Hall–Kier alpha value is -1.45. The van der Waals surface area contributed by atoms with Gasteiger partial charge in [-0.05, 0) is 49.7 Å². The first-order valence-corrected chi connectivity index (χ1v) is 7.50. The molecule has 2 unspecified atom stereocenters. The molecule has 0 spiro atoms. The van der Waals surface area contributed by atoms with Crippen molar-refractivity contribution in [1.82, 2.24) is 10.3 Å². The molecule has 20 heavy (non-hydrogen) atoms. The largest absolute Gasteiger partial charge is 0.378 e. The third-order valence-electron chi connectivity index (χ3n) is 4.24. The summed E-state index contributed by atoms with van der Waals surface area (Å²) in [5.41, 5.74) is 1.34. The molecule has 0 amide bonds. The lowest BCUT2D eigenvalue weighted by molar-refractivity contribution is 0.0999. The molecule has 1 aromatic heterocycles. The quantitative estimate of drug-likeness (QED) is 0.903. The second-order valence-electron chi connectivity index (χ2n) is 5.50. The second-order valence-corrected chi connectivity index (χ2v) is 5.50. The van der Waals surface area contributed by atoms with Crippen LogP contribution in [0.25, 0.3) is 10.8 Å². The van der Waals surface area contributed by atoms with E-state index in [-0.39, 0.29) is 0 Å². The predicted octanol–water partition coefficient (Wildman–Crippen LogP) is 3.45. The number of pyridine rings is 1. The standard InChI is InChI=1S/C17H22N2O/c1-18-17(8-7-14-5-3-11-20-14)15-6-2-4-13-9-10-19-12-16(13)15/h2,4,6,9-10,12,14,17-18H,3,5,7-8,11H2,1H3. The number of rotatable bonds is 5. The third kappa shape index (κ3) is 2.84. The SMILES string of the molecule is CNC(CCC1CCCO1)c1cccc2ccncc12. The number of hydrogen-bond acceptors (Lipinski definition) is 3. The normalized spacial score (nSPS) is 20.4. The van der Waals surface area contributed by atoms with E-state index in [1.807, 2.05) is 19.4 Å². The number of aromatic nitrogens is 1. The maximum atomic E-state index is 5.73. The highest BCUT2D eigenvalue weighted by Crippen LogP contribution is 2.28. The van der Waals surface area contributed by atoms with Gasteiger partial charge in [0.05, 0.1) is 6.10 Å². The van der Waals surface area contributed by atoms with Crippen LogP contribution in [-0.2, 0) is 4.74 Å². The van der Waals surface area contributed by atoms with Gasteiger partial charge in [0.1, 0.15) is 0 Å². The van der Waals surface area contributed by atoms with Crippen LogP contribution in [0.3, 0.4) is 0 Å². The van der Waals surface area contributed by atoms with Crippen LogP contribution < -0.4 is 5.32 Å². The van der Waals surface area contributed by atoms with Gasteiger partial charge in [-0.2, -0.15) is 0 Å². The lowest BCUT2D eigenvalue weighted by Crippen LogP contribution is -2.19. The summed E-state index contributed by atoms with van der Waals surface area (Å²) >= 11 is 0. The third-order valence-corrected chi connectivity index (χ3v) is 4.24. The van der Waals surface area contributed by atoms with Crippen molar-refractivity contribution < 1.29 is 4.74 Å². The topological polar surface area (TPSA) is 34.1 Å². The number of ether oxygens (including phenoxy) is 1. The maximum absolute atomic E-state index is 5.73. The molecule has 2 heterocycles. The van der Waals surface area contributed by atoms with E-state index in [0.29, 0.717) is 12.1 Å². The molecule has 1 aliphatic rings. The van der Waals surface area contributed by atoms with Crippen molar-refractivity contribution in [2.24, 2.45) is 0 Å². The van der Waals surface area contributed by atoms with Crippen molar-refractivity contribution in [3.05, 3.63) is 42.2 Å². The van der Waals surface area contributed by atoms with E-state index in [2.05, 4.69) is 34.6 Å². The molecular formula is C17H22N2O. The van der Waals surface area contributed by atoms with Crippen LogP contribution in [0.15, 0.2) is 36.7 Å². The van der Waals surface area contributed by atoms with Gasteiger partial charge in [0.15, 0.2) is 0 Å². The monoisotopic (exact) mass is 270 g/mol. The minimum Gasteiger partial charge on any atom is -0.378 e. The Labute approximate surface area is 120 Å². The van der Waals surface area contributed by atoms with Gasteiger partial charge in [-0.3, -0.25) is 4.98 Å². The van der Waals surface area contributed by atoms with Crippen LogP contribution in [0, 0.1) is 0 Å². The molecule has 0 radical (unpaired) electrons. The lowest BCUT2D eigenvalue weighted by Gasteiger charge is -2.20. The van der Waals surface area contributed by atoms with E-state index in [0.717, 1.165) is 19.4 Å². The molecule has 1 saturated heterocycles. The summed E-state index contributed by atoms with van der Waals surface area (Å²) in [5, 5.41) is 5.96. The van der Waals surface area contributed by atoms with E-state index in [9.17, 15) is 0 Å². The van der Waals surface area contributed by atoms with Crippen LogP contribution in [0.1, 0.15) is 37.3 Å². The number of benzene rings is 1. The smallest absolute Gasteiger partial charge is 0.0576 e. The zero-order chi connectivity index (χ0) is 13.8. The van der Waals surface area contributed by atoms with E-state index >= 15 is 0 Å². The molecule has 1 aliphatic heterocycles. The van der Waals surface area contributed by atoms with Gasteiger partial charge in [-0.15, -0.1) is 0 Å². The molecule has 3 nitrogen and oxygen atoms in total. The number of hydrogen-bond donors (Lipinski definition) is 1. The molecule has 0 bridgehead atoms. The summed E-state index contributed by atoms with van der Waals surface area (Å²) in [4.78, 5) is 4.28. The van der Waals surface area contributed by atoms with Crippen LogP contribution >= 0.6 is 0 Å². The Morgan fingerprint density at radius 2 is 2.35 bits per heavy atom. The van der Waals surface area contributed by atoms with Crippen molar-refractivity contribution >= 4 is 10.8 Å². The van der Waals surface area contributed by atoms with Crippen molar-refractivity contribution in [3.8, 4) is 0 Å². The Bertz CT molecular complexity index is 558. The minimum atomic E-state index is 0.368. The molecule has 0 saturated carbocycles. The summed E-state index contributed by atoms with van der Waals surface area (Å²) in [5.74, 6) is 0. The minimum absolute atomic E-state index is 0.368. The van der Waals surface area contributed by atoms with Crippen molar-refractivity contribution in [1.29, 1.82) is 0 Å². The highest BCUT2D eigenvalue weighted by Gasteiger charge is 2.19. The van der Waals surface area contributed by atoms with Gasteiger partial charge >= 0.3 is 0 Å². The maximum Gasteiger partial charge on any atom is 0.0576 e. The average molecular weight is 270 g/mol. The summed E-state index contributed by atoms with van der Waals surface area (Å²) in [6.07, 6.45) is 8.95. The molecule has 106 valence electrons. The Morgan fingerprint density at radius 3 is 3.15 bits per heavy atom.